The number of imidazole rings is 1. The van der Waals surface area contributed by atoms with Gasteiger partial charge in [0.1, 0.15) is 5.82 Å². The average Bonchev–Trinajstić information content (AvgIpc) is 3.28. The topological polar surface area (TPSA) is 60.0 Å². The number of likely N-dealkylation sites (tertiary alicyclic amines) is 1. The molecule has 6 heteroatoms. The Morgan fingerprint density at radius 3 is 2.80 bits per heavy atom. The Morgan fingerprint density at radius 1 is 1.16 bits per heavy atom. The number of rotatable bonds is 5. The number of nitrogens with zero attached hydrogens (tertiary/aromatic N) is 5. The van der Waals surface area contributed by atoms with Crippen LogP contribution in [0.4, 0.5) is 0 Å². The minimum absolute atomic E-state index is 0.377. The lowest BCUT2D eigenvalue weighted by Gasteiger charge is -2.22. The molecular weight excluding hydrogens is 314 g/mol. The van der Waals surface area contributed by atoms with Crippen molar-refractivity contribution in [2.75, 3.05) is 6.54 Å². The maximum absolute atomic E-state index is 5.41. The minimum Gasteiger partial charge on any atom is -0.339 e. The van der Waals surface area contributed by atoms with Gasteiger partial charge in [0.05, 0.1) is 18.3 Å². The van der Waals surface area contributed by atoms with Gasteiger partial charge in [-0.3, -0.25) is 4.90 Å². The van der Waals surface area contributed by atoms with Gasteiger partial charge in [-0.25, -0.2) is 4.98 Å². The minimum atomic E-state index is 0.377. The highest BCUT2D eigenvalue weighted by molar-refractivity contribution is 5.22. The van der Waals surface area contributed by atoms with Crippen LogP contribution >= 0.6 is 0 Å². The van der Waals surface area contributed by atoms with Crippen LogP contribution in [0.1, 0.15) is 74.5 Å². The molecule has 1 atom stereocenters. The molecule has 2 aromatic rings. The highest BCUT2D eigenvalue weighted by Gasteiger charge is 2.32. The zero-order valence-electron chi connectivity index (χ0n) is 15.7. The van der Waals surface area contributed by atoms with E-state index < -0.39 is 0 Å². The summed E-state index contributed by atoms with van der Waals surface area (Å²) in [7, 11) is 2.19. The van der Waals surface area contributed by atoms with E-state index in [2.05, 4.69) is 40.5 Å². The summed E-state index contributed by atoms with van der Waals surface area (Å²) in [5.41, 5.74) is 2.78. The van der Waals surface area contributed by atoms with Crippen LogP contribution in [-0.2, 0) is 32.9 Å². The van der Waals surface area contributed by atoms with E-state index in [1.807, 2.05) is 0 Å². The molecule has 0 amide bonds. The third kappa shape index (κ3) is 3.36. The number of aromatic nitrogens is 4. The summed E-state index contributed by atoms with van der Waals surface area (Å²) in [4.78, 5) is 12.1. The summed E-state index contributed by atoms with van der Waals surface area (Å²) in [6.07, 6.45) is 8.11. The van der Waals surface area contributed by atoms with Crippen molar-refractivity contribution in [1.82, 2.24) is 24.6 Å². The van der Waals surface area contributed by atoms with Crippen molar-refractivity contribution < 1.29 is 4.52 Å². The molecule has 0 aromatic carbocycles. The summed E-state index contributed by atoms with van der Waals surface area (Å²) in [6.45, 7) is 6.17. The van der Waals surface area contributed by atoms with Gasteiger partial charge < -0.3 is 9.09 Å². The lowest BCUT2D eigenvalue weighted by atomic mass is 10.0. The highest BCUT2D eigenvalue weighted by atomic mass is 16.5. The van der Waals surface area contributed by atoms with Gasteiger partial charge >= 0.3 is 0 Å². The van der Waals surface area contributed by atoms with E-state index in [0.29, 0.717) is 12.0 Å². The molecule has 4 rings (SSSR count). The molecule has 136 valence electrons. The SMILES string of the molecule is CC(C)Cc1nc(CN2CCC[C@@H]2c2nc3c(n2C)CCCC3)no1. The van der Waals surface area contributed by atoms with Crippen molar-refractivity contribution in [2.45, 2.75) is 71.4 Å². The second-order valence-corrected chi connectivity index (χ2v) is 7.96. The monoisotopic (exact) mass is 343 g/mol. The molecule has 6 nitrogen and oxygen atoms in total. The van der Waals surface area contributed by atoms with Crippen molar-refractivity contribution in [3.05, 3.63) is 28.9 Å². The molecule has 0 N–H and O–H groups in total. The maximum Gasteiger partial charge on any atom is 0.226 e. The molecule has 2 aromatic heterocycles. The fourth-order valence-electron chi connectivity index (χ4n) is 4.28. The van der Waals surface area contributed by atoms with E-state index in [4.69, 9.17) is 9.51 Å². The molecule has 1 fully saturated rings. The Hall–Kier alpha value is -1.69. The second-order valence-electron chi connectivity index (χ2n) is 7.96. The quantitative estimate of drug-likeness (QED) is 0.834. The first-order valence-corrected chi connectivity index (χ1v) is 9.71. The molecule has 0 radical (unpaired) electrons. The van der Waals surface area contributed by atoms with Gasteiger partial charge in [-0.1, -0.05) is 19.0 Å². The normalized spacial score (nSPS) is 21.2. The van der Waals surface area contributed by atoms with E-state index in [9.17, 15) is 0 Å². The zero-order chi connectivity index (χ0) is 17.4. The predicted molar refractivity (Wildman–Crippen MR) is 95.1 cm³/mol. The summed E-state index contributed by atoms with van der Waals surface area (Å²) < 4.78 is 7.77. The largest absolute Gasteiger partial charge is 0.339 e. The van der Waals surface area contributed by atoms with Crippen molar-refractivity contribution in [3.8, 4) is 0 Å². The predicted octanol–water partition coefficient (Wildman–Crippen LogP) is 3.22. The highest BCUT2D eigenvalue weighted by Crippen LogP contribution is 2.34. The third-order valence-corrected chi connectivity index (χ3v) is 5.51. The van der Waals surface area contributed by atoms with E-state index >= 15 is 0 Å². The summed E-state index contributed by atoms with van der Waals surface area (Å²) in [5, 5.41) is 4.19. The summed E-state index contributed by atoms with van der Waals surface area (Å²) >= 11 is 0. The van der Waals surface area contributed by atoms with Crippen LogP contribution in [0.2, 0.25) is 0 Å². The standard InChI is InChI=1S/C19H29N5O/c1-13(2)11-18-21-17(22-25-18)12-24-10-6-9-16(24)19-20-14-7-4-5-8-15(14)23(19)3/h13,16H,4-12H2,1-3H3/t16-/m1/s1. The molecule has 0 bridgehead atoms. The molecule has 0 unspecified atom stereocenters. The van der Waals surface area contributed by atoms with Gasteiger partial charge in [-0.05, 0) is 51.0 Å². The molecule has 3 heterocycles. The Labute approximate surface area is 149 Å². The molecule has 1 saturated heterocycles. The van der Waals surface area contributed by atoms with Gasteiger partial charge in [0.2, 0.25) is 5.89 Å². The van der Waals surface area contributed by atoms with E-state index in [0.717, 1.165) is 37.6 Å². The zero-order valence-corrected chi connectivity index (χ0v) is 15.7. The van der Waals surface area contributed by atoms with Gasteiger partial charge in [-0.15, -0.1) is 0 Å². The van der Waals surface area contributed by atoms with Crippen molar-refractivity contribution in [3.63, 3.8) is 0 Å². The molecule has 0 saturated carbocycles. The average molecular weight is 343 g/mol. The lowest BCUT2D eigenvalue weighted by molar-refractivity contribution is 0.226. The molecule has 1 aliphatic carbocycles. The van der Waals surface area contributed by atoms with Crippen LogP contribution in [0.3, 0.4) is 0 Å². The van der Waals surface area contributed by atoms with E-state index in [1.165, 1.54) is 49.3 Å². The van der Waals surface area contributed by atoms with Crippen LogP contribution in [-0.4, -0.2) is 31.1 Å². The van der Waals surface area contributed by atoms with E-state index in [1.54, 1.807) is 0 Å². The number of fused-ring (bicyclic) bond motifs is 1. The summed E-state index contributed by atoms with van der Waals surface area (Å²) in [5.74, 6) is 3.33. The van der Waals surface area contributed by atoms with Gasteiger partial charge in [0, 0.05) is 19.2 Å². The van der Waals surface area contributed by atoms with Crippen LogP contribution in [0.5, 0.6) is 0 Å². The van der Waals surface area contributed by atoms with Crippen molar-refractivity contribution in [1.29, 1.82) is 0 Å². The molecule has 1 aliphatic heterocycles. The second kappa shape index (κ2) is 6.90. The first-order chi connectivity index (χ1) is 12.1. The number of hydrogen-bond acceptors (Lipinski definition) is 5. The third-order valence-electron chi connectivity index (χ3n) is 5.51. The van der Waals surface area contributed by atoms with Crippen molar-refractivity contribution >= 4 is 0 Å². The van der Waals surface area contributed by atoms with Crippen LogP contribution in [0, 0.1) is 5.92 Å². The fourth-order valence-corrected chi connectivity index (χ4v) is 4.28. The Kier molecular flexibility index (Phi) is 4.63. The van der Waals surface area contributed by atoms with Crippen LogP contribution in [0.15, 0.2) is 4.52 Å². The van der Waals surface area contributed by atoms with Gasteiger partial charge in [-0.2, -0.15) is 4.98 Å². The van der Waals surface area contributed by atoms with Crippen LogP contribution in [0.25, 0.3) is 0 Å². The molecule has 25 heavy (non-hydrogen) atoms. The molecule has 2 aliphatic rings. The van der Waals surface area contributed by atoms with Gasteiger partial charge in [0.15, 0.2) is 5.82 Å². The fraction of sp³-hybridized carbons (Fsp3) is 0.737. The Balaban J connectivity index is 1.51. The first kappa shape index (κ1) is 16.8. The maximum atomic E-state index is 5.41. The molecule has 0 spiro atoms. The number of hydrogen-bond donors (Lipinski definition) is 0. The summed E-state index contributed by atoms with van der Waals surface area (Å²) in [6, 6.07) is 0.377. The van der Waals surface area contributed by atoms with Crippen LogP contribution < -0.4 is 0 Å². The Morgan fingerprint density at radius 2 is 2.00 bits per heavy atom. The smallest absolute Gasteiger partial charge is 0.226 e. The number of aryl methyl sites for hydroxylation is 1. The van der Waals surface area contributed by atoms with Crippen molar-refractivity contribution in [2.24, 2.45) is 13.0 Å². The Bertz CT molecular complexity index is 732. The first-order valence-electron chi connectivity index (χ1n) is 9.71. The lowest BCUT2D eigenvalue weighted by Crippen LogP contribution is -2.25. The van der Waals surface area contributed by atoms with Gasteiger partial charge in [0.25, 0.3) is 0 Å². The van der Waals surface area contributed by atoms with E-state index in [-0.39, 0.29) is 0 Å². The molecular formula is C19H29N5O.